The Kier molecular flexibility index (Phi) is 3.51. The number of piperidine rings is 1. The third-order valence-electron chi connectivity index (χ3n) is 9.15. The Morgan fingerprint density at radius 1 is 1.31 bits per heavy atom. The number of hydrogen-bond acceptors (Lipinski definition) is 9. The van der Waals surface area contributed by atoms with E-state index in [1.165, 1.54) is 7.11 Å². The molecule has 6 fully saturated rings. The van der Waals surface area contributed by atoms with Crippen LogP contribution in [0.15, 0.2) is 23.5 Å². The van der Waals surface area contributed by atoms with Crippen LogP contribution in [0.2, 0.25) is 0 Å². The molecule has 0 amide bonds. The van der Waals surface area contributed by atoms with Gasteiger partial charge in [0.2, 0.25) is 0 Å². The van der Waals surface area contributed by atoms with Crippen LogP contribution in [0.5, 0.6) is 0 Å². The van der Waals surface area contributed by atoms with Gasteiger partial charge in [0, 0.05) is 36.0 Å². The van der Waals surface area contributed by atoms with Gasteiger partial charge in [0.05, 0.1) is 24.3 Å². The molecule has 5 bridgehead atoms. The first kappa shape index (κ1) is 19.8. The van der Waals surface area contributed by atoms with Crippen LogP contribution < -0.4 is 0 Å². The number of methoxy groups -OCH3 is 1. The van der Waals surface area contributed by atoms with E-state index in [4.69, 9.17) is 40.6 Å². The summed E-state index contributed by atoms with van der Waals surface area (Å²) in [6.45, 7) is 6.90. The third-order valence-corrected chi connectivity index (χ3v) is 9.32. The molecule has 7 heterocycles. The van der Waals surface area contributed by atoms with Gasteiger partial charge in [-0.05, 0) is 32.7 Å². The summed E-state index contributed by atoms with van der Waals surface area (Å²) in [6, 6.07) is 0.284. The molecule has 0 radical (unpaired) electrons. The highest BCUT2D eigenvalue weighted by molar-refractivity contribution is 7.79. The van der Waals surface area contributed by atoms with E-state index < -0.39 is 23.3 Å². The van der Waals surface area contributed by atoms with Crippen molar-refractivity contribution in [3.8, 4) is 0 Å². The zero-order valence-electron chi connectivity index (χ0n) is 18.6. The minimum atomic E-state index is -1.71. The molecular formula is C23H27NO7S. The van der Waals surface area contributed by atoms with Gasteiger partial charge in [-0.15, -0.1) is 0 Å². The summed E-state index contributed by atoms with van der Waals surface area (Å²) in [4.78, 5) is 15.3. The highest BCUT2D eigenvalue weighted by Crippen LogP contribution is 2.75. The number of fused-ring (bicyclic) bond motifs is 2. The predicted octanol–water partition coefficient (Wildman–Crippen LogP) is 2.38. The molecule has 0 aromatic rings. The average molecular weight is 462 g/mol. The van der Waals surface area contributed by atoms with E-state index in [1.807, 2.05) is 0 Å². The van der Waals surface area contributed by atoms with Crippen molar-refractivity contribution in [2.75, 3.05) is 13.7 Å². The van der Waals surface area contributed by atoms with Crippen LogP contribution in [0.4, 0.5) is 0 Å². The minimum Gasteiger partial charge on any atom is -0.493 e. The van der Waals surface area contributed by atoms with Crippen molar-refractivity contribution < 1.29 is 33.2 Å². The molecule has 9 heteroatoms. The summed E-state index contributed by atoms with van der Waals surface area (Å²) in [5.74, 6) is -4.37. The fraction of sp³-hybridized carbons (Fsp3) is 0.739. The third kappa shape index (κ3) is 1.71. The van der Waals surface area contributed by atoms with E-state index in [9.17, 15) is 4.79 Å². The molecule has 1 unspecified atom stereocenters. The lowest BCUT2D eigenvalue weighted by Crippen LogP contribution is -2.60. The molecular weight excluding hydrogens is 434 g/mol. The number of nitrogens with zero attached hydrogens (tertiary/aromatic N) is 1. The molecule has 32 heavy (non-hydrogen) atoms. The molecule has 0 aromatic heterocycles. The summed E-state index contributed by atoms with van der Waals surface area (Å²) >= 11 is 5.35. The Balaban J connectivity index is 1.41. The molecule has 6 saturated heterocycles. The van der Waals surface area contributed by atoms with E-state index in [-0.39, 0.29) is 46.4 Å². The second kappa shape index (κ2) is 5.68. The molecule has 3 spiro atoms. The molecule has 8 nitrogen and oxygen atoms in total. The predicted molar refractivity (Wildman–Crippen MR) is 113 cm³/mol. The van der Waals surface area contributed by atoms with Crippen LogP contribution in [0.25, 0.3) is 0 Å². The van der Waals surface area contributed by atoms with Crippen LogP contribution >= 0.6 is 12.2 Å². The number of thiocarbonyl (C=S) groups is 1. The molecule has 10 atom stereocenters. The monoisotopic (exact) mass is 461 g/mol. The standard InChI is InChI=1S/C23H27NO7S/c1-5-6-8-20-14-7-9-24(20)13-10-15(20)27-21(14)16(13)12(3)22(31-21)23(30-19(32)29-22)17(26-4)11(2)18(25)28-23/h6,8,12-16H,5,7,9-10H2,1-4H3/b8-6+/t12-,13-,14-,15-,16+,20-,21+,22+,23-/m0/s1. The minimum absolute atomic E-state index is 0.0241. The Hall–Kier alpha value is -1.68. The van der Waals surface area contributed by atoms with Gasteiger partial charge in [-0.2, -0.15) is 0 Å². The van der Waals surface area contributed by atoms with Crippen LogP contribution in [-0.2, 0) is 33.2 Å². The average Bonchev–Trinajstić information content (AvgIpc) is 3.48. The Morgan fingerprint density at radius 3 is 2.88 bits per heavy atom. The molecule has 7 aliphatic heterocycles. The van der Waals surface area contributed by atoms with Crippen LogP contribution in [0.3, 0.4) is 0 Å². The van der Waals surface area contributed by atoms with Gasteiger partial charge in [-0.25, -0.2) is 4.79 Å². The highest BCUT2D eigenvalue weighted by Gasteiger charge is 2.91. The number of carbonyl (C=O) groups is 1. The number of rotatable bonds is 3. The number of carbonyl (C=O) groups excluding carboxylic acids is 1. The van der Waals surface area contributed by atoms with Crippen molar-refractivity contribution in [1.82, 2.24) is 4.90 Å². The van der Waals surface area contributed by atoms with Gasteiger partial charge in [-0.1, -0.05) is 26.0 Å². The van der Waals surface area contributed by atoms with Crippen molar-refractivity contribution in [1.29, 1.82) is 0 Å². The summed E-state index contributed by atoms with van der Waals surface area (Å²) in [6.07, 6.45) is 7.57. The SMILES string of the molecule is CC/C=C/[C@@]12[C@@H]3C[C@H]4[C@H]5[C@H](C)[C@@]6(OC(=S)O[C@]67OC(=O)C(C)=C7OC)O[C@]5(O3)[C@H]1CCN42. The van der Waals surface area contributed by atoms with Crippen molar-refractivity contribution in [3.05, 3.63) is 23.5 Å². The Labute approximate surface area is 191 Å². The van der Waals surface area contributed by atoms with Crippen molar-refractivity contribution >= 4 is 23.4 Å². The lowest BCUT2D eigenvalue weighted by atomic mass is 9.69. The summed E-state index contributed by atoms with van der Waals surface area (Å²) in [5, 5.41) is -0.114. The molecule has 0 aliphatic carbocycles. The fourth-order valence-electron chi connectivity index (χ4n) is 8.28. The maximum atomic E-state index is 12.7. The van der Waals surface area contributed by atoms with Gasteiger partial charge in [0.1, 0.15) is 0 Å². The van der Waals surface area contributed by atoms with E-state index in [0.717, 1.165) is 25.8 Å². The summed E-state index contributed by atoms with van der Waals surface area (Å²) in [5.41, 5.74) is 0.170. The fourth-order valence-corrected chi connectivity index (χ4v) is 8.52. The van der Waals surface area contributed by atoms with Gasteiger partial charge in [-0.3, -0.25) is 4.90 Å². The summed E-state index contributed by atoms with van der Waals surface area (Å²) in [7, 11) is 1.49. The van der Waals surface area contributed by atoms with Crippen molar-refractivity contribution in [2.24, 2.45) is 17.8 Å². The van der Waals surface area contributed by atoms with E-state index in [2.05, 4.69) is 30.9 Å². The van der Waals surface area contributed by atoms with E-state index >= 15 is 0 Å². The van der Waals surface area contributed by atoms with Crippen LogP contribution in [0.1, 0.15) is 40.0 Å². The van der Waals surface area contributed by atoms with Crippen molar-refractivity contribution in [3.63, 3.8) is 0 Å². The topological polar surface area (TPSA) is 75.7 Å². The number of ether oxygens (including phenoxy) is 6. The normalized spacial score (nSPS) is 56.1. The Bertz CT molecular complexity index is 1030. The van der Waals surface area contributed by atoms with Gasteiger partial charge >= 0.3 is 22.8 Å². The maximum absolute atomic E-state index is 12.7. The molecule has 0 aromatic carbocycles. The lowest BCUT2D eigenvalue weighted by Gasteiger charge is -2.47. The second-order valence-electron chi connectivity index (χ2n) is 10.1. The van der Waals surface area contributed by atoms with Gasteiger partial charge in [0.25, 0.3) is 0 Å². The Morgan fingerprint density at radius 2 is 2.12 bits per heavy atom. The van der Waals surface area contributed by atoms with Crippen LogP contribution in [-0.4, -0.2) is 64.8 Å². The molecule has 0 saturated carbocycles. The number of allylic oxidation sites excluding steroid dienone is 1. The first-order valence-electron chi connectivity index (χ1n) is 11.5. The van der Waals surface area contributed by atoms with E-state index in [0.29, 0.717) is 5.57 Å². The molecule has 7 aliphatic rings. The summed E-state index contributed by atoms with van der Waals surface area (Å²) < 4.78 is 37.4. The van der Waals surface area contributed by atoms with Crippen LogP contribution in [0, 0.1) is 17.8 Å². The molecule has 7 rings (SSSR count). The highest BCUT2D eigenvalue weighted by atomic mass is 32.1. The number of esters is 1. The lowest BCUT2D eigenvalue weighted by molar-refractivity contribution is -0.369. The van der Waals surface area contributed by atoms with E-state index in [1.54, 1.807) is 6.92 Å². The second-order valence-corrected chi connectivity index (χ2v) is 10.4. The first-order valence-corrected chi connectivity index (χ1v) is 11.9. The molecule has 172 valence electrons. The maximum Gasteiger partial charge on any atom is 0.384 e. The van der Waals surface area contributed by atoms with Gasteiger partial charge < -0.3 is 28.4 Å². The molecule has 0 N–H and O–H groups in total. The first-order chi connectivity index (χ1) is 15.3. The zero-order chi connectivity index (χ0) is 22.3. The largest absolute Gasteiger partial charge is 0.493 e. The quantitative estimate of drug-likeness (QED) is 0.358. The number of hydrogen-bond donors (Lipinski definition) is 0. The zero-order valence-corrected chi connectivity index (χ0v) is 19.4. The van der Waals surface area contributed by atoms with Crippen molar-refractivity contribution in [2.45, 2.75) is 75.1 Å². The smallest absolute Gasteiger partial charge is 0.384 e. The van der Waals surface area contributed by atoms with Gasteiger partial charge in [0.15, 0.2) is 11.5 Å².